The van der Waals surface area contributed by atoms with E-state index in [0.29, 0.717) is 0 Å². The van der Waals surface area contributed by atoms with E-state index in [0.717, 1.165) is 38.0 Å². The molecule has 0 unspecified atom stereocenters. The molecule has 3 rings (SSSR count). The number of likely N-dealkylation sites (tertiary alicyclic amines) is 1. The summed E-state index contributed by atoms with van der Waals surface area (Å²) >= 11 is 0. The van der Waals surface area contributed by atoms with Gasteiger partial charge in [0.15, 0.2) is 0 Å². The van der Waals surface area contributed by atoms with Crippen LogP contribution in [0.4, 0.5) is 0 Å². The van der Waals surface area contributed by atoms with Crippen LogP contribution in [-0.4, -0.2) is 34.2 Å². The normalized spacial score (nSPS) is 21.3. The van der Waals surface area contributed by atoms with Gasteiger partial charge in [0, 0.05) is 24.7 Å². The average Bonchev–Trinajstić information content (AvgIpc) is 2.39. The molecule has 1 aliphatic heterocycles. The highest BCUT2D eigenvalue weighted by Gasteiger charge is 2.18. The zero-order chi connectivity index (χ0) is 12.4. The molecule has 1 saturated heterocycles. The highest BCUT2D eigenvalue weighted by atomic mass is 16.3. The Hall–Kier alpha value is -1.45. The molecule has 2 aromatic rings. The van der Waals surface area contributed by atoms with Gasteiger partial charge in [-0.05, 0) is 37.1 Å². The fraction of sp³-hybridized carbons (Fsp3) is 0.400. The molecule has 3 nitrogen and oxygen atoms in total. The van der Waals surface area contributed by atoms with Gasteiger partial charge in [0.25, 0.3) is 0 Å². The largest absolute Gasteiger partial charge is 0.392 e. The molecule has 0 bridgehead atoms. The van der Waals surface area contributed by atoms with Gasteiger partial charge in [0.2, 0.25) is 0 Å². The third-order valence-electron chi connectivity index (χ3n) is 3.61. The molecule has 1 atom stereocenters. The Bertz CT molecular complexity index is 536. The van der Waals surface area contributed by atoms with Gasteiger partial charge in [-0.2, -0.15) is 0 Å². The van der Waals surface area contributed by atoms with Crippen molar-refractivity contribution in [3.63, 3.8) is 0 Å². The molecule has 3 heteroatoms. The van der Waals surface area contributed by atoms with Gasteiger partial charge < -0.3 is 5.11 Å². The predicted molar refractivity (Wildman–Crippen MR) is 72.3 cm³/mol. The number of β-amino-alcohol motifs (C(OH)–C–C–N with tert-alkyl or cyclic N) is 1. The number of rotatable bonds is 2. The summed E-state index contributed by atoms with van der Waals surface area (Å²) in [5, 5.41) is 10.9. The lowest BCUT2D eigenvalue weighted by Crippen LogP contribution is -2.37. The minimum absolute atomic E-state index is 0.160. The van der Waals surface area contributed by atoms with E-state index in [4.69, 9.17) is 0 Å². The number of hydrogen-bond acceptors (Lipinski definition) is 3. The minimum Gasteiger partial charge on any atom is -0.392 e. The van der Waals surface area contributed by atoms with Crippen LogP contribution in [0.25, 0.3) is 10.9 Å². The molecule has 0 aliphatic carbocycles. The molecular formula is C15H18N2O. The smallest absolute Gasteiger partial charge is 0.0705 e. The SMILES string of the molecule is O[C@H]1CCCN(Cc2ccnc3ccccc23)C1. The van der Waals surface area contributed by atoms with Crippen molar-refractivity contribution < 1.29 is 5.11 Å². The number of aliphatic hydroxyl groups is 1. The number of benzene rings is 1. The van der Waals surface area contributed by atoms with Gasteiger partial charge in [-0.15, -0.1) is 0 Å². The van der Waals surface area contributed by atoms with E-state index in [9.17, 15) is 5.11 Å². The van der Waals surface area contributed by atoms with Gasteiger partial charge in [-0.1, -0.05) is 18.2 Å². The van der Waals surface area contributed by atoms with Crippen molar-refractivity contribution in [3.05, 3.63) is 42.1 Å². The molecule has 1 N–H and O–H groups in total. The molecule has 2 heterocycles. The molecule has 0 amide bonds. The Labute approximate surface area is 107 Å². The minimum atomic E-state index is -0.160. The first kappa shape index (κ1) is 11.6. The van der Waals surface area contributed by atoms with Crippen molar-refractivity contribution in [1.82, 2.24) is 9.88 Å². The highest BCUT2D eigenvalue weighted by molar-refractivity contribution is 5.81. The van der Waals surface area contributed by atoms with E-state index in [1.807, 2.05) is 18.3 Å². The van der Waals surface area contributed by atoms with Gasteiger partial charge in [0.1, 0.15) is 0 Å². The number of pyridine rings is 1. The van der Waals surface area contributed by atoms with Crippen LogP contribution < -0.4 is 0 Å². The van der Waals surface area contributed by atoms with E-state index >= 15 is 0 Å². The van der Waals surface area contributed by atoms with Crippen molar-refractivity contribution in [2.75, 3.05) is 13.1 Å². The summed E-state index contributed by atoms with van der Waals surface area (Å²) < 4.78 is 0. The molecule has 1 aromatic heterocycles. The molecule has 1 aromatic carbocycles. The molecule has 94 valence electrons. The third kappa shape index (κ3) is 2.37. The zero-order valence-electron chi connectivity index (χ0n) is 10.4. The van der Waals surface area contributed by atoms with Crippen molar-refractivity contribution >= 4 is 10.9 Å². The Morgan fingerprint density at radius 3 is 3.06 bits per heavy atom. The number of aliphatic hydroxyl groups excluding tert-OH is 1. The van der Waals surface area contributed by atoms with Gasteiger partial charge in [-0.25, -0.2) is 0 Å². The number of fused-ring (bicyclic) bond motifs is 1. The topological polar surface area (TPSA) is 36.4 Å². The second-order valence-corrected chi connectivity index (χ2v) is 5.02. The maximum absolute atomic E-state index is 9.72. The van der Waals surface area contributed by atoms with E-state index in [2.05, 4.69) is 28.1 Å². The lowest BCUT2D eigenvalue weighted by molar-refractivity contribution is 0.0670. The Morgan fingerprint density at radius 1 is 1.28 bits per heavy atom. The molecular weight excluding hydrogens is 224 g/mol. The molecule has 1 fully saturated rings. The first-order valence-corrected chi connectivity index (χ1v) is 6.56. The molecule has 0 spiro atoms. The Balaban J connectivity index is 1.86. The number of nitrogens with zero attached hydrogens (tertiary/aromatic N) is 2. The van der Waals surface area contributed by atoms with Crippen LogP contribution >= 0.6 is 0 Å². The van der Waals surface area contributed by atoms with E-state index in [1.54, 1.807) is 0 Å². The molecule has 18 heavy (non-hydrogen) atoms. The fourth-order valence-corrected chi connectivity index (χ4v) is 2.71. The number of hydrogen-bond donors (Lipinski definition) is 1. The standard InChI is InChI=1S/C15H18N2O/c18-13-4-3-9-17(11-13)10-12-7-8-16-15-6-2-1-5-14(12)15/h1-2,5-8,13,18H,3-4,9-11H2/t13-/m0/s1. The molecule has 1 aliphatic rings. The highest BCUT2D eigenvalue weighted by Crippen LogP contribution is 2.20. The van der Waals surface area contributed by atoms with Crippen molar-refractivity contribution in [2.24, 2.45) is 0 Å². The first-order valence-electron chi connectivity index (χ1n) is 6.56. The summed E-state index contributed by atoms with van der Waals surface area (Å²) in [5.74, 6) is 0. The van der Waals surface area contributed by atoms with Crippen LogP contribution in [0.3, 0.4) is 0 Å². The summed E-state index contributed by atoms with van der Waals surface area (Å²) in [6.07, 6.45) is 3.74. The lowest BCUT2D eigenvalue weighted by atomic mass is 10.1. The summed E-state index contributed by atoms with van der Waals surface area (Å²) in [6, 6.07) is 10.3. The van der Waals surface area contributed by atoms with Gasteiger partial charge >= 0.3 is 0 Å². The van der Waals surface area contributed by atoms with E-state index < -0.39 is 0 Å². The van der Waals surface area contributed by atoms with E-state index in [-0.39, 0.29) is 6.10 Å². The Morgan fingerprint density at radius 2 is 2.17 bits per heavy atom. The van der Waals surface area contributed by atoms with E-state index in [1.165, 1.54) is 10.9 Å². The van der Waals surface area contributed by atoms with Crippen LogP contribution in [0.15, 0.2) is 36.5 Å². The van der Waals surface area contributed by atoms with Crippen LogP contribution in [0.1, 0.15) is 18.4 Å². The molecule has 0 saturated carbocycles. The Kier molecular flexibility index (Phi) is 3.26. The predicted octanol–water partition coefficient (Wildman–Crippen LogP) is 2.19. The maximum Gasteiger partial charge on any atom is 0.0705 e. The lowest BCUT2D eigenvalue weighted by Gasteiger charge is -2.30. The summed E-state index contributed by atoms with van der Waals surface area (Å²) in [6.45, 7) is 2.77. The second-order valence-electron chi connectivity index (χ2n) is 5.02. The van der Waals surface area contributed by atoms with Crippen LogP contribution in [0, 0.1) is 0 Å². The number of aromatic nitrogens is 1. The van der Waals surface area contributed by atoms with Crippen molar-refractivity contribution in [1.29, 1.82) is 0 Å². The van der Waals surface area contributed by atoms with Crippen molar-refractivity contribution in [3.8, 4) is 0 Å². The number of piperidine rings is 1. The van der Waals surface area contributed by atoms with Gasteiger partial charge in [0.05, 0.1) is 11.6 Å². The summed E-state index contributed by atoms with van der Waals surface area (Å²) in [4.78, 5) is 6.71. The summed E-state index contributed by atoms with van der Waals surface area (Å²) in [5.41, 5.74) is 2.35. The average molecular weight is 242 g/mol. The van der Waals surface area contributed by atoms with Crippen molar-refractivity contribution in [2.45, 2.75) is 25.5 Å². The number of para-hydroxylation sites is 1. The monoisotopic (exact) mass is 242 g/mol. The molecule has 0 radical (unpaired) electrons. The third-order valence-corrected chi connectivity index (χ3v) is 3.61. The fourth-order valence-electron chi connectivity index (χ4n) is 2.71. The quantitative estimate of drug-likeness (QED) is 0.877. The zero-order valence-corrected chi connectivity index (χ0v) is 10.4. The van der Waals surface area contributed by atoms with Crippen LogP contribution in [0.2, 0.25) is 0 Å². The maximum atomic E-state index is 9.72. The van der Waals surface area contributed by atoms with Gasteiger partial charge in [-0.3, -0.25) is 9.88 Å². The second kappa shape index (κ2) is 5.04. The van der Waals surface area contributed by atoms with Crippen LogP contribution in [0.5, 0.6) is 0 Å². The first-order chi connectivity index (χ1) is 8.83. The van der Waals surface area contributed by atoms with Crippen LogP contribution in [-0.2, 0) is 6.54 Å². The summed E-state index contributed by atoms with van der Waals surface area (Å²) in [7, 11) is 0.